The Hall–Kier alpha value is -1.36. The fourth-order valence-corrected chi connectivity index (χ4v) is 2.18. The van der Waals surface area contributed by atoms with Gasteiger partial charge in [0.15, 0.2) is 0 Å². The lowest BCUT2D eigenvalue weighted by Gasteiger charge is -2.07. The molecule has 2 aromatic rings. The SMILES string of the molecule is Cc1oc(COc2cc(Cl)c(Cl)cc2Cl)cc1C(=O)O. The van der Waals surface area contributed by atoms with E-state index in [1.165, 1.54) is 18.2 Å². The van der Waals surface area contributed by atoms with E-state index in [2.05, 4.69) is 0 Å². The van der Waals surface area contributed by atoms with E-state index in [0.717, 1.165) is 0 Å². The van der Waals surface area contributed by atoms with Crippen LogP contribution >= 0.6 is 34.8 Å². The zero-order valence-electron chi connectivity index (χ0n) is 10.2. The van der Waals surface area contributed by atoms with Gasteiger partial charge in [-0.25, -0.2) is 4.79 Å². The maximum absolute atomic E-state index is 10.9. The summed E-state index contributed by atoms with van der Waals surface area (Å²) in [5.74, 6) is -0.0181. The molecule has 0 amide bonds. The van der Waals surface area contributed by atoms with Crippen molar-refractivity contribution in [2.75, 3.05) is 0 Å². The summed E-state index contributed by atoms with van der Waals surface area (Å²) in [7, 11) is 0. The van der Waals surface area contributed by atoms with Crippen LogP contribution in [0.4, 0.5) is 0 Å². The minimum atomic E-state index is -1.05. The van der Waals surface area contributed by atoms with Gasteiger partial charge in [0, 0.05) is 6.07 Å². The molecule has 0 unspecified atom stereocenters. The molecule has 0 fully saturated rings. The van der Waals surface area contributed by atoms with Crippen LogP contribution in [0.25, 0.3) is 0 Å². The minimum Gasteiger partial charge on any atom is -0.484 e. The molecule has 0 aliphatic heterocycles. The third kappa shape index (κ3) is 3.20. The highest BCUT2D eigenvalue weighted by Gasteiger charge is 2.14. The number of carboxylic acid groups (broad SMARTS) is 1. The molecular formula is C13H9Cl3O4. The lowest BCUT2D eigenvalue weighted by Crippen LogP contribution is -1.96. The Bertz CT molecular complexity index is 664. The minimum absolute atomic E-state index is 0.0335. The molecule has 1 aromatic carbocycles. The van der Waals surface area contributed by atoms with E-state index in [4.69, 9.17) is 49.1 Å². The highest BCUT2D eigenvalue weighted by Crippen LogP contribution is 2.34. The van der Waals surface area contributed by atoms with Gasteiger partial charge in [-0.3, -0.25) is 0 Å². The highest BCUT2D eigenvalue weighted by molar-refractivity contribution is 6.43. The number of hydrogen-bond acceptors (Lipinski definition) is 3. The first-order chi connectivity index (χ1) is 9.38. The molecule has 0 radical (unpaired) electrons. The summed E-state index contributed by atoms with van der Waals surface area (Å²) in [6.45, 7) is 1.60. The number of benzene rings is 1. The van der Waals surface area contributed by atoms with E-state index >= 15 is 0 Å². The monoisotopic (exact) mass is 334 g/mol. The first kappa shape index (κ1) is 15.0. The van der Waals surface area contributed by atoms with E-state index < -0.39 is 5.97 Å². The van der Waals surface area contributed by atoms with Gasteiger partial charge in [0.25, 0.3) is 0 Å². The summed E-state index contributed by atoms with van der Waals surface area (Å²) in [5.41, 5.74) is 0.101. The van der Waals surface area contributed by atoms with Crippen LogP contribution in [0.2, 0.25) is 15.1 Å². The third-order valence-corrected chi connectivity index (χ3v) is 3.56. The molecule has 0 spiro atoms. The summed E-state index contributed by atoms with van der Waals surface area (Å²) in [5, 5.41) is 9.87. The fraction of sp³-hybridized carbons (Fsp3) is 0.154. The number of ether oxygens (including phenoxy) is 1. The average Bonchev–Trinajstić information content (AvgIpc) is 2.74. The molecule has 1 N–H and O–H groups in total. The van der Waals surface area contributed by atoms with Gasteiger partial charge < -0.3 is 14.3 Å². The van der Waals surface area contributed by atoms with Crippen molar-refractivity contribution in [1.82, 2.24) is 0 Å². The van der Waals surface area contributed by atoms with E-state index in [9.17, 15) is 4.79 Å². The van der Waals surface area contributed by atoms with Crippen LogP contribution < -0.4 is 4.74 Å². The molecule has 4 nitrogen and oxygen atoms in total. The number of rotatable bonds is 4. The van der Waals surface area contributed by atoms with Crippen LogP contribution in [0.3, 0.4) is 0 Å². The Morgan fingerprint density at radius 3 is 2.45 bits per heavy atom. The van der Waals surface area contributed by atoms with Crippen molar-refractivity contribution < 1.29 is 19.1 Å². The third-order valence-electron chi connectivity index (χ3n) is 2.54. The van der Waals surface area contributed by atoms with Crippen molar-refractivity contribution in [3.8, 4) is 5.75 Å². The first-order valence-electron chi connectivity index (χ1n) is 5.48. The summed E-state index contributed by atoms with van der Waals surface area (Å²) < 4.78 is 10.7. The Balaban J connectivity index is 2.15. The molecule has 0 atom stereocenters. The summed E-state index contributed by atoms with van der Waals surface area (Å²) in [4.78, 5) is 10.9. The van der Waals surface area contributed by atoms with Crippen LogP contribution in [0.15, 0.2) is 22.6 Å². The number of halogens is 3. The number of carboxylic acids is 1. The molecule has 1 heterocycles. The van der Waals surface area contributed by atoms with Gasteiger partial charge in [0.2, 0.25) is 0 Å². The first-order valence-corrected chi connectivity index (χ1v) is 6.62. The molecular weight excluding hydrogens is 326 g/mol. The molecule has 0 bridgehead atoms. The largest absolute Gasteiger partial charge is 0.484 e. The van der Waals surface area contributed by atoms with Gasteiger partial charge in [-0.15, -0.1) is 0 Å². The van der Waals surface area contributed by atoms with E-state index in [1.807, 2.05) is 0 Å². The van der Waals surface area contributed by atoms with Gasteiger partial charge in [0.05, 0.1) is 15.1 Å². The van der Waals surface area contributed by atoms with Crippen LogP contribution in [-0.2, 0) is 6.61 Å². The van der Waals surface area contributed by atoms with Crippen molar-refractivity contribution in [2.24, 2.45) is 0 Å². The molecule has 2 rings (SSSR count). The fourth-order valence-electron chi connectivity index (χ4n) is 1.59. The second-order valence-corrected chi connectivity index (χ2v) is 5.19. The lowest BCUT2D eigenvalue weighted by atomic mass is 10.2. The maximum Gasteiger partial charge on any atom is 0.339 e. The maximum atomic E-state index is 10.9. The molecule has 0 aliphatic rings. The van der Waals surface area contributed by atoms with Crippen molar-refractivity contribution in [3.05, 3.63) is 50.4 Å². The predicted molar refractivity (Wildman–Crippen MR) is 76.2 cm³/mol. The van der Waals surface area contributed by atoms with Crippen molar-refractivity contribution >= 4 is 40.8 Å². The smallest absolute Gasteiger partial charge is 0.339 e. The van der Waals surface area contributed by atoms with Gasteiger partial charge in [-0.1, -0.05) is 34.8 Å². The molecule has 20 heavy (non-hydrogen) atoms. The van der Waals surface area contributed by atoms with Crippen LogP contribution in [0.5, 0.6) is 5.75 Å². The van der Waals surface area contributed by atoms with E-state index in [1.54, 1.807) is 6.92 Å². The lowest BCUT2D eigenvalue weighted by molar-refractivity contribution is 0.0695. The van der Waals surface area contributed by atoms with Gasteiger partial charge in [-0.2, -0.15) is 0 Å². The second-order valence-electron chi connectivity index (χ2n) is 3.97. The molecule has 7 heteroatoms. The molecule has 0 saturated carbocycles. The summed E-state index contributed by atoms with van der Waals surface area (Å²) in [6, 6.07) is 4.36. The molecule has 106 valence electrons. The number of aryl methyl sites for hydroxylation is 1. The normalized spacial score (nSPS) is 10.6. The van der Waals surface area contributed by atoms with Crippen molar-refractivity contribution in [2.45, 2.75) is 13.5 Å². The zero-order chi connectivity index (χ0) is 14.9. The average molecular weight is 336 g/mol. The van der Waals surface area contributed by atoms with Crippen molar-refractivity contribution in [1.29, 1.82) is 0 Å². The predicted octanol–water partition coefficient (Wildman–Crippen LogP) is 4.83. The van der Waals surface area contributed by atoms with Gasteiger partial charge in [0.1, 0.15) is 29.4 Å². The number of carbonyl (C=O) groups is 1. The summed E-state index contributed by atoms with van der Waals surface area (Å²) in [6.07, 6.45) is 0. The Morgan fingerprint density at radius 1 is 1.20 bits per heavy atom. The van der Waals surface area contributed by atoms with Crippen molar-refractivity contribution in [3.63, 3.8) is 0 Å². The topological polar surface area (TPSA) is 59.7 Å². The van der Waals surface area contributed by atoms with Gasteiger partial charge >= 0.3 is 5.97 Å². The van der Waals surface area contributed by atoms with E-state index in [-0.39, 0.29) is 12.2 Å². The number of hydrogen-bond donors (Lipinski definition) is 1. The molecule has 0 saturated heterocycles. The highest BCUT2D eigenvalue weighted by atomic mass is 35.5. The quantitative estimate of drug-likeness (QED) is 0.813. The van der Waals surface area contributed by atoms with Crippen LogP contribution in [-0.4, -0.2) is 11.1 Å². The Morgan fingerprint density at radius 2 is 1.85 bits per heavy atom. The van der Waals surface area contributed by atoms with Crippen LogP contribution in [0, 0.1) is 6.92 Å². The summed E-state index contributed by atoms with van der Waals surface area (Å²) >= 11 is 17.6. The van der Waals surface area contributed by atoms with E-state index in [0.29, 0.717) is 32.3 Å². The standard InChI is InChI=1S/C13H9Cl3O4/c1-6-8(13(17)18)2-7(20-6)5-19-12-4-10(15)9(14)3-11(12)16/h2-4H,5H2,1H3,(H,17,18). The second kappa shape index (κ2) is 5.95. The van der Waals surface area contributed by atoms with Gasteiger partial charge in [-0.05, 0) is 19.1 Å². The molecule has 1 aromatic heterocycles. The van der Waals surface area contributed by atoms with Crippen LogP contribution in [0.1, 0.15) is 21.9 Å². The zero-order valence-corrected chi connectivity index (χ0v) is 12.5. The Kier molecular flexibility index (Phi) is 4.48. The number of furan rings is 1. The number of aromatic carboxylic acids is 1. The molecule has 0 aliphatic carbocycles. The Labute approximate surface area is 129 Å².